The molecule has 1 rings (SSSR count). The molecule has 4 N–H and O–H groups in total. The van der Waals surface area contributed by atoms with Crippen molar-refractivity contribution in [2.45, 2.75) is 23.6 Å². The van der Waals surface area contributed by atoms with Gasteiger partial charge < -0.3 is 20.4 Å². The maximum Gasteiger partial charge on any atom is 0.108 e. The van der Waals surface area contributed by atoms with Gasteiger partial charge in [-0.25, -0.2) is 0 Å². The monoisotopic (exact) mass is 180 g/mol. The van der Waals surface area contributed by atoms with Gasteiger partial charge in [-0.15, -0.1) is 0 Å². The summed E-state index contributed by atoms with van der Waals surface area (Å²) < 4.78 is 0. The highest BCUT2D eigenvalue weighted by molar-refractivity contribution is 8.00. The number of aliphatic hydroxyl groups excluding tert-OH is 4. The van der Waals surface area contributed by atoms with Crippen LogP contribution >= 0.6 is 11.8 Å². The second-order valence-electron chi connectivity index (χ2n) is 2.60. The van der Waals surface area contributed by atoms with Gasteiger partial charge in [-0.2, -0.15) is 11.8 Å². The molecule has 4 atom stereocenters. The lowest BCUT2D eigenvalue weighted by Gasteiger charge is -2.33. The Morgan fingerprint density at radius 1 is 1.18 bits per heavy atom. The Balaban J connectivity index is 2.52. The van der Waals surface area contributed by atoms with Crippen molar-refractivity contribution < 1.29 is 20.4 Å². The van der Waals surface area contributed by atoms with Crippen molar-refractivity contribution in [2.75, 3.05) is 12.4 Å². The maximum absolute atomic E-state index is 9.22. The average Bonchev–Trinajstić information content (AvgIpc) is 2.01. The molecule has 0 bridgehead atoms. The van der Waals surface area contributed by atoms with E-state index in [1.54, 1.807) is 0 Å². The predicted molar refractivity (Wildman–Crippen MR) is 41.4 cm³/mol. The quantitative estimate of drug-likeness (QED) is 0.382. The van der Waals surface area contributed by atoms with Crippen molar-refractivity contribution in [3.8, 4) is 0 Å². The fraction of sp³-hybridized carbons (Fsp3) is 1.00. The lowest BCUT2D eigenvalue weighted by Crippen LogP contribution is -2.49. The largest absolute Gasteiger partial charge is 0.395 e. The van der Waals surface area contributed by atoms with Gasteiger partial charge in [-0.3, -0.25) is 0 Å². The molecule has 0 saturated carbocycles. The Bertz CT molecular complexity index is 130. The fourth-order valence-corrected chi connectivity index (χ4v) is 2.13. The van der Waals surface area contributed by atoms with E-state index in [2.05, 4.69) is 0 Å². The summed E-state index contributed by atoms with van der Waals surface area (Å²) in [6.07, 6.45) is -3.01. The van der Waals surface area contributed by atoms with E-state index in [1.807, 2.05) is 0 Å². The van der Waals surface area contributed by atoms with Crippen LogP contribution in [0.3, 0.4) is 0 Å². The lowest BCUT2D eigenvalue weighted by atomic mass is 10.1. The third-order valence-corrected chi connectivity index (χ3v) is 3.18. The molecule has 0 aromatic heterocycles. The minimum absolute atomic E-state index is 0.171. The molecule has 1 fully saturated rings. The summed E-state index contributed by atoms with van der Waals surface area (Å²) >= 11 is 1.27. The van der Waals surface area contributed by atoms with Gasteiger partial charge in [-0.1, -0.05) is 0 Å². The summed E-state index contributed by atoms with van der Waals surface area (Å²) in [6.45, 7) is -0.171. The maximum atomic E-state index is 9.22. The van der Waals surface area contributed by atoms with Crippen molar-refractivity contribution >= 4 is 11.8 Å². The van der Waals surface area contributed by atoms with Crippen LogP contribution in [-0.4, -0.2) is 56.3 Å². The molecule has 0 amide bonds. The van der Waals surface area contributed by atoms with Crippen LogP contribution in [-0.2, 0) is 0 Å². The normalized spacial score (nSPS) is 45.8. The van der Waals surface area contributed by atoms with E-state index < -0.39 is 18.3 Å². The zero-order valence-electron chi connectivity index (χ0n) is 5.92. The van der Waals surface area contributed by atoms with Crippen molar-refractivity contribution in [1.29, 1.82) is 0 Å². The third kappa shape index (κ3) is 1.86. The number of aliphatic hydroxyl groups is 4. The van der Waals surface area contributed by atoms with Crippen molar-refractivity contribution in [1.82, 2.24) is 0 Å². The van der Waals surface area contributed by atoms with Crippen LogP contribution in [0, 0.1) is 0 Å². The van der Waals surface area contributed by atoms with E-state index in [1.165, 1.54) is 11.8 Å². The van der Waals surface area contributed by atoms with Gasteiger partial charge >= 0.3 is 0 Å². The Hall–Kier alpha value is 0.190. The van der Waals surface area contributed by atoms with Gasteiger partial charge in [0.25, 0.3) is 0 Å². The predicted octanol–water partition coefficient (Wildman–Crippen LogP) is -1.82. The Morgan fingerprint density at radius 3 is 2.36 bits per heavy atom. The first-order valence-electron chi connectivity index (χ1n) is 3.43. The molecule has 3 unspecified atom stereocenters. The average molecular weight is 180 g/mol. The molecule has 1 aliphatic rings. The van der Waals surface area contributed by atoms with E-state index in [4.69, 9.17) is 15.3 Å². The molecule has 11 heavy (non-hydrogen) atoms. The van der Waals surface area contributed by atoms with Gasteiger partial charge in [0.05, 0.1) is 24.1 Å². The molecule has 0 aromatic rings. The van der Waals surface area contributed by atoms with Crippen molar-refractivity contribution in [2.24, 2.45) is 0 Å². The molecular weight excluding hydrogens is 168 g/mol. The number of thioether (sulfide) groups is 1. The van der Waals surface area contributed by atoms with Crippen LogP contribution in [0.4, 0.5) is 0 Å². The summed E-state index contributed by atoms with van der Waals surface area (Å²) in [4.78, 5) is 0. The van der Waals surface area contributed by atoms with Crippen LogP contribution in [0.25, 0.3) is 0 Å². The van der Waals surface area contributed by atoms with Crippen LogP contribution in [0.15, 0.2) is 0 Å². The molecular formula is C6H12O4S. The molecule has 0 aliphatic carbocycles. The number of hydrogen-bond acceptors (Lipinski definition) is 5. The van der Waals surface area contributed by atoms with E-state index in [-0.39, 0.29) is 11.9 Å². The SMILES string of the molecule is OCC1SCC(O)C(O)[C@@H]1O. The zero-order valence-corrected chi connectivity index (χ0v) is 6.74. The zero-order chi connectivity index (χ0) is 8.43. The Morgan fingerprint density at radius 2 is 1.82 bits per heavy atom. The molecule has 1 saturated heterocycles. The highest BCUT2D eigenvalue weighted by Gasteiger charge is 2.36. The minimum Gasteiger partial charge on any atom is -0.395 e. The van der Waals surface area contributed by atoms with Crippen LogP contribution < -0.4 is 0 Å². The van der Waals surface area contributed by atoms with Crippen molar-refractivity contribution in [3.05, 3.63) is 0 Å². The van der Waals surface area contributed by atoms with Gasteiger partial charge in [0, 0.05) is 5.75 Å². The first kappa shape index (κ1) is 9.28. The summed E-state index contributed by atoms with van der Waals surface area (Å²) in [5.41, 5.74) is 0. The van der Waals surface area contributed by atoms with Gasteiger partial charge in [0.15, 0.2) is 0 Å². The highest BCUT2D eigenvalue weighted by Crippen LogP contribution is 2.25. The van der Waals surface area contributed by atoms with E-state index in [0.717, 1.165) is 0 Å². The molecule has 1 aliphatic heterocycles. The van der Waals surface area contributed by atoms with E-state index in [9.17, 15) is 5.11 Å². The molecule has 66 valence electrons. The fourth-order valence-electron chi connectivity index (χ4n) is 1.03. The van der Waals surface area contributed by atoms with Crippen LogP contribution in [0.1, 0.15) is 0 Å². The molecule has 5 heteroatoms. The number of hydrogen-bond donors (Lipinski definition) is 4. The highest BCUT2D eigenvalue weighted by atomic mass is 32.2. The molecule has 4 nitrogen and oxygen atoms in total. The summed E-state index contributed by atoms with van der Waals surface area (Å²) in [7, 11) is 0. The minimum atomic E-state index is -1.12. The molecule has 0 aromatic carbocycles. The van der Waals surface area contributed by atoms with Crippen LogP contribution in [0.2, 0.25) is 0 Å². The second-order valence-corrected chi connectivity index (χ2v) is 3.88. The first-order chi connectivity index (χ1) is 5.16. The first-order valence-corrected chi connectivity index (χ1v) is 4.48. The number of rotatable bonds is 1. The van der Waals surface area contributed by atoms with Crippen LogP contribution in [0.5, 0.6) is 0 Å². The van der Waals surface area contributed by atoms with Gasteiger partial charge in [0.1, 0.15) is 6.10 Å². The smallest absolute Gasteiger partial charge is 0.108 e. The summed E-state index contributed by atoms with van der Waals surface area (Å²) in [5.74, 6) is 0.365. The topological polar surface area (TPSA) is 80.9 Å². The molecule has 0 radical (unpaired) electrons. The van der Waals surface area contributed by atoms with Gasteiger partial charge in [-0.05, 0) is 0 Å². The second kappa shape index (κ2) is 3.73. The molecule has 1 heterocycles. The Kier molecular flexibility index (Phi) is 3.15. The molecule has 0 spiro atoms. The summed E-state index contributed by atoms with van der Waals surface area (Å²) in [6, 6.07) is 0. The third-order valence-electron chi connectivity index (χ3n) is 1.79. The Labute approximate surface area is 68.9 Å². The standard InChI is InChI=1S/C6H12O4S/c7-1-4-6(10)5(9)3(8)2-11-4/h3-10H,1-2H2/t3?,4?,5?,6-/m1/s1. The van der Waals surface area contributed by atoms with Crippen molar-refractivity contribution in [3.63, 3.8) is 0 Å². The lowest BCUT2D eigenvalue weighted by molar-refractivity contribution is -0.0595. The van der Waals surface area contributed by atoms with Gasteiger partial charge in [0.2, 0.25) is 0 Å². The summed E-state index contributed by atoms with van der Waals surface area (Å²) in [5, 5.41) is 35.7. The van der Waals surface area contributed by atoms with E-state index in [0.29, 0.717) is 5.75 Å². The van der Waals surface area contributed by atoms with E-state index >= 15 is 0 Å².